The summed E-state index contributed by atoms with van der Waals surface area (Å²) in [6.45, 7) is 7.86. The van der Waals surface area contributed by atoms with Crippen LogP contribution in [0.1, 0.15) is 52.5 Å². The second-order valence-electron chi connectivity index (χ2n) is 7.14. The summed E-state index contributed by atoms with van der Waals surface area (Å²) in [5.41, 5.74) is 0.275. The van der Waals surface area contributed by atoms with Gasteiger partial charge in [0, 0.05) is 17.6 Å². The Labute approximate surface area is 154 Å². The van der Waals surface area contributed by atoms with E-state index >= 15 is 0 Å². The molecule has 26 heavy (non-hydrogen) atoms. The maximum absolute atomic E-state index is 12.8. The average Bonchev–Trinajstić information content (AvgIpc) is 2.58. The van der Waals surface area contributed by atoms with Crippen LogP contribution in [0.2, 0.25) is 0 Å². The van der Waals surface area contributed by atoms with Crippen molar-refractivity contribution < 1.29 is 24.2 Å². The summed E-state index contributed by atoms with van der Waals surface area (Å²) >= 11 is 0. The van der Waals surface area contributed by atoms with Gasteiger partial charge in [-0.15, -0.1) is 0 Å². The molecule has 1 heterocycles. The number of cyclic esters (lactones) is 1. The van der Waals surface area contributed by atoms with Crippen LogP contribution < -0.4 is 15.0 Å². The zero-order chi connectivity index (χ0) is 19.5. The van der Waals surface area contributed by atoms with Gasteiger partial charge in [0.05, 0.1) is 12.8 Å². The van der Waals surface area contributed by atoms with Crippen molar-refractivity contribution in [2.75, 3.05) is 18.6 Å². The lowest BCUT2D eigenvalue weighted by Gasteiger charge is -2.43. The molecule has 0 aliphatic carbocycles. The van der Waals surface area contributed by atoms with E-state index in [1.807, 2.05) is 32.0 Å². The van der Waals surface area contributed by atoms with Crippen molar-refractivity contribution in [3.8, 4) is 5.75 Å². The zero-order valence-electron chi connectivity index (χ0n) is 16.1. The smallest absolute Gasteiger partial charge is 0.415 e. The van der Waals surface area contributed by atoms with Crippen LogP contribution in [0.4, 0.5) is 15.3 Å². The van der Waals surface area contributed by atoms with Gasteiger partial charge in [-0.05, 0) is 39.2 Å². The number of rotatable bonds is 7. The Bertz CT molecular complexity index is 683. The largest absolute Gasteiger partial charge is 0.495 e. The Kier molecular flexibility index (Phi) is 5.68. The Balaban J connectivity index is 2.42. The first-order chi connectivity index (χ1) is 12.2. The first-order valence-corrected chi connectivity index (χ1v) is 8.88. The molecule has 0 fully saturated rings. The van der Waals surface area contributed by atoms with Crippen LogP contribution in [0, 0.1) is 0 Å². The molecule has 1 aromatic carbocycles. The third-order valence-electron chi connectivity index (χ3n) is 5.03. The van der Waals surface area contributed by atoms with Crippen LogP contribution in [-0.4, -0.2) is 36.5 Å². The predicted octanol–water partition coefficient (Wildman–Crippen LogP) is 4.10. The van der Waals surface area contributed by atoms with Crippen molar-refractivity contribution in [3.05, 3.63) is 23.8 Å². The number of carbonyl (C=O) groups is 2. The molecule has 2 amide bonds. The van der Waals surface area contributed by atoms with Crippen LogP contribution in [0.5, 0.6) is 5.75 Å². The van der Waals surface area contributed by atoms with Crippen molar-refractivity contribution >= 4 is 17.9 Å². The SMILES string of the molecule is CCC1(CC)OC(=O)N(CCC(C)(C)NC(=O)O)c2c(OC)cccc21. The third kappa shape index (κ3) is 3.71. The third-order valence-corrected chi connectivity index (χ3v) is 5.03. The maximum Gasteiger partial charge on any atom is 0.415 e. The molecule has 0 aromatic heterocycles. The van der Waals surface area contributed by atoms with Gasteiger partial charge in [0.1, 0.15) is 11.4 Å². The number of methoxy groups -OCH3 is 1. The van der Waals surface area contributed by atoms with Crippen LogP contribution in [0.25, 0.3) is 0 Å². The van der Waals surface area contributed by atoms with Crippen LogP contribution in [0.3, 0.4) is 0 Å². The number of benzene rings is 1. The molecule has 0 unspecified atom stereocenters. The molecule has 144 valence electrons. The minimum absolute atomic E-state index is 0.309. The summed E-state index contributed by atoms with van der Waals surface area (Å²) in [6.07, 6.45) is 0.226. The molecule has 7 heteroatoms. The average molecular weight is 364 g/mol. The molecule has 1 aliphatic heterocycles. The van der Waals surface area contributed by atoms with E-state index in [-0.39, 0.29) is 0 Å². The fraction of sp³-hybridized carbons (Fsp3) is 0.579. The molecule has 1 aliphatic rings. The summed E-state index contributed by atoms with van der Waals surface area (Å²) in [5, 5.41) is 11.4. The predicted molar refractivity (Wildman–Crippen MR) is 98.9 cm³/mol. The van der Waals surface area contributed by atoms with E-state index in [1.54, 1.807) is 25.9 Å². The standard InChI is InChI=1S/C19H28N2O5/c1-6-19(7-2)13-9-8-10-14(25-5)15(13)21(17(24)26-19)12-11-18(3,4)20-16(22)23/h8-10,20H,6-7,11-12H2,1-5H3,(H,22,23). The molecule has 0 saturated heterocycles. The second-order valence-corrected chi connectivity index (χ2v) is 7.14. The Morgan fingerprint density at radius 3 is 2.54 bits per heavy atom. The number of hydrogen-bond donors (Lipinski definition) is 2. The number of nitrogens with zero attached hydrogens (tertiary/aromatic N) is 1. The topological polar surface area (TPSA) is 88.1 Å². The summed E-state index contributed by atoms with van der Waals surface area (Å²) < 4.78 is 11.4. The molecule has 0 spiro atoms. The number of ether oxygens (including phenoxy) is 2. The van der Waals surface area contributed by atoms with Gasteiger partial charge >= 0.3 is 12.2 Å². The summed E-state index contributed by atoms with van der Waals surface area (Å²) in [6, 6.07) is 5.68. The number of nitrogens with one attached hydrogen (secondary N) is 1. The first-order valence-electron chi connectivity index (χ1n) is 8.88. The molecule has 2 rings (SSSR count). The molecule has 2 N–H and O–H groups in total. The first kappa shape index (κ1) is 19.9. The van der Waals surface area contributed by atoms with Crippen LogP contribution >= 0.6 is 0 Å². The van der Waals surface area contributed by atoms with Gasteiger partial charge in [-0.3, -0.25) is 4.90 Å². The Morgan fingerprint density at radius 2 is 2.00 bits per heavy atom. The molecule has 0 radical (unpaired) electrons. The second kappa shape index (κ2) is 7.43. The van der Waals surface area contributed by atoms with Gasteiger partial charge in [0.2, 0.25) is 0 Å². The monoisotopic (exact) mass is 364 g/mol. The van der Waals surface area contributed by atoms with E-state index in [2.05, 4.69) is 5.32 Å². The number of amides is 2. The molecular weight excluding hydrogens is 336 g/mol. The molecule has 0 saturated carbocycles. The highest BCUT2D eigenvalue weighted by molar-refractivity contribution is 5.94. The lowest BCUT2D eigenvalue weighted by Crippen LogP contribution is -2.49. The van der Waals surface area contributed by atoms with Gasteiger partial charge in [0.25, 0.3) is 0 Å². The van der Waals surface area contributed by atoms with Crippen molar-refractivity contribution in [3.63, 3.8) is 0 Å². The highest BCUT2D eigenvalue weighted by Gasteiger charge is 2.44. The van der Waals surface area contributed by atoms with Gasteiger partial charge in [-0.25, -0.2) is 9.59 Å². The van der Waals surface area contributed by atoms with E-state index in [4.69, 9.17) is 14.6 Å². The van der Waals surface area contributed by atoms with Crippen molar-refractivity contribution in [1.29, 1.82) is 0 Å². The summed E-state index contributed by atoms with van der Waals surface area (Å²) in [5.74, 6) is 0.606. The number of hydrogen-bond acceptors (Lipinski definition) is 4. The number of para-hydroxylation sites is 1. The maximum atomic E-state index is 12.8. The molecule has 0 atom stereocenters. The molecule has 0 bridgehead atoms. The molecule has 1 aromatic rings. The molecule has 7 nitrogen and oxygen atoms in total. The number of fused-ring (bicyclic) bond motifs is 1. The summed E-state index contributed by atoms with van der Waals surface area (Å²) in [4.78, 5) is 25.3. The minimum atomic E-state index is -1.09. The lowest BCUT2D eigenvalue weighted by atomic mass is 9.85. The van der Waals surface area contributed by atoms with E-state index < -0.39 is 23.3 Å². The molecular formula is C19H28N2O5. The van der Waals surface area contributed by atoms with Gasteiger partial charge in [0.15, 0.2) is 0 Å². The number of carboxylic acid groups (broad SMARTS) is 1. The van der Waals surface area contributed by atoms with Crippen molar-refractivity contribution in [2.24, 2.45) is 0 Å². The fourth-order valence-corrected chi connectivity index (χ4v) is 3.42. The minimum Gasteiger partial charge on any atom is -0.495 e. The van der Waals surface area contributed by atoms with E-state index in [0.717, 1.165) is 5.56 Å². The quantitative estimate of drug-likeness (QED) is 0.760. The Hall–Kier alpha value is -2.44. The van der Waals surface area contributed by atoms with Crippen LogP contribution in [-0.2, 0) is 10.3 Å². The lowest BCUT2D eigenvalue weighted by molar-refractivity contribution is -0.00159. The normalized spacial score (nSPS) is 15.9. The highest BCUT2D eigenvalue weighted by atomic mass is 16.6. The van der Waals surface area contributed by atoms with Gasteiger partial charge in [-0.1, -0.05) is 26.0 Å². The number of anilines is 1. The van der Waals surface area contributed by atoms with Crippen molar-refractivity contribution in [1.82, 2.24) is 5.32 Å². The van der Waals surface area contributed by atoms with Crippen LogP contribution in [0.15, 0.2) is 18.2 Å². The highest BCUT2D eigenvalue weighted by Crippen LogP contribution is 2.47. The Morgan fingerprint density at radius 1 is 1.35 bits per heavy atom. The van der Waals surface area contributed by atoms with E-state index in [0.29, 0.717) is 37.2 Å². The zero-order valence-corrected chi connectivity index (χ0v) is 16.1. The summed E-state index contributed by atoms with van der Waals surface area (Å²) in [7, 11) is 1.57. The number of carbonyl (C=O) groups excluding carboxylic acids is 1. The van der Waals surface area contributed by atoms with E-state index in [1.165, 1.54) is 0 Å². The van der Waals surface area contributed by atoms with Gasteiger partial charge in [-0.2, -0.15) is 0 Å². The fourth-order valence-electron chi connectivity index (χ4n) is 3.42. The van der Waals surface area contributed by atoms with Gasteiger partial charge < -0.3 is 19.9 Å². The van der Waals surface area contributed by atoms with E-state index in [9.17, 15) is 9.59 Å². The van der Waals surface area contributed by atoms with Crippen molar-refractivity contribution in [2.45, 2.75) is 58.1 Å².